The van der Waals surface area contributed by atoms with Crippen LogP contribution in [-0.4, -0.2) is 65.8 Å². The summed E-state index contributed by atoms with van der Waals surface area (Å²) in [6.45, 7) is 10.4. The molecule has 140 valence electrons. The van der Waals surface area contributed by atoms with Gasteiger partial charge in [0.25, 0.3) is 11.4 Å². The third-order valence-corrected chi connectivity index (χ3v) is 4.67. The van der Waals surface area contributed by atoms with E-state index in [1.54, 1.807) is 11.0 Å². The number of thioether (sulfide) groups is 1. The van der Waals surface area contributed by atoms with Crippen molar-refractivity contribution < 1.29 is 18.9 Å². The van der Waals surface area contributed by atoms with Crippen molar-refractivity contribution in [1.82, 2.24) is 15.5 Å². The van der Waals surface area contributed by atoms with Crippen LogP contribution in [0.5, 0.6) is 0 Å². The van der Waals surface area contributed by atoms with Crippen molar-refractivity contribution in [3.63, 3.8) is 0 Å². The number of rotatable bonds is 7. The first-order chi connectivity index (χ1) is 12.0. The summed E-state index contributed by atoms with van der Waals surface area (Å²) in [7, 11) is 0. The highest BCUT2D eigenvalue weighted by molar-refractivity contribution is 8.13. The lowest BCUT2D eigenvalue weighted by Gasteiger charge is -2.32. The van der Waals surface area contributed by atoms with Crippen LogP contribution in [0.25, 0.3) is 5.32 Å². The minimum absolute atomic E-state index is 0.131. The second kappa shape index (κ2) is 9.62. The van der Waals surface area contributed by atoms with Crippen LogP contribution in [0.2, 0.25) is 0 Å². The van der Waals surface area contributed by atoms with Crippen molar-refractivity contribution in [2.24, 2.45) is 0 Å². The van der Waals surface area contributed by atoms with E-state index in [0.717, 1.165) is 37.9 Å². The number of carbonyl (C=O) groups excluding carboxylic acids is 2. The Bertz CT molecular complexity index is 571. The average Bonchev–Trinajstić information content (AvgIpc) is 3.03. The van der Waals surface area contributed by atoms with Crippen molar-refractivity contribution in [3.05, 3.63) is 11.5 Å². The highest BCUT2D eigenvalue weighted by atomic mass is 32.2. The summed E-state index contributed by atoms with van der Waals surface area (Å²) in [5, 5.41) is 12.4. The van der Waals surface area contributed by atoms with Crippen molar-refractivity contribution in [3.8, 4) is 0 Å². The number of carbonyl (C=O) groups is 2. The number of nitrogens with one attached hydrogen (secondary N) is 1. The largest absolute Gasteiger partial charge is 0.588 e. The Kier molecular flexibility index (Phi) is 7.51. The van der Waals surface area contributed by atoms with E-state index in [-0.39, 0.29) is 23.5 Å². The first kappa shape index (κ1) is 19.5. The maximum Gasteiger partial charge on any atom is 0.279 e. The Hall–Kier alpha value is -1.81. The van der Waals surface area contributed by atoms with Crippen molar-refractivity contribution in [1.29, 1.82) is 0 Å². The van der Waals surface area contributed by atoms with Crippen LogP contribution in [0.4, 0.5) is 10.7 Å². The molecule has 0 radical (unpaired) electrons. The first-order valence-electron chi connectivity index (χ1n) is 8.52. The lowest BCUT2D eigenvalue weighted by molar-refractivity contribution is -0.759. The molecule has 1 aliphatic rings. The SMILES string of the molecule is CCNC(=O)SCCC(=O)[N-]c1c[n+](N2CCN(C(C)C)CC2)no1. The Balaban J connectivity index is 1.74. The summed E-state index contributed by atoms with van der Waals surface area (Å²) >= 11 is 1.08. The molecule has 0 bridgehead atoms. The standard InChI is InChI=1S/C15H26N6O3S/c1-4-16-15(23)25-10-5-13(22)17-14-11-21(18-24-14)20-8-6-19(7-9-20)12(2)3/h11-12H,4-10H2,1-3H3,(H-,16,17,18,22,23). The summed E-state index contributed by atoms with van der Waals surface area (Å²) in [6, 6.07) is 0.532. The highest BCUT2D eigenvalue weighted by Gasteiger charge is 2.25. The maximum absolute atomic E-state index is 11.8. The van der Waals surface area contributed by atoms with Crippen molar-refractivity contribution in [2.45, 2.75) is 33.2 Å². The Labute approximate surface area is 152 Å². The third-order valence-electron chi connectivity index (χ3n) is 3.86. The molecule has 1 N–H and O–H groups in total. The van der Waals surface area contributed by atoms with E-state index in [1.165, 1.54) is 0 Å². The van der Waals surface area contributed by atoms with Gasteiger partial charge in [-0.15, -0.1) is 0 Å². The number of aromatic nitrogens is 2. The van der Waals surface area contributed by atoms with E-state index in [2.05, 4.69) is 39.7 Å². The van der Waals surface area contributed by atoms with Gasteiger partial charge in [-0.25, -0.2) is 0 Å². The van der Waals surface area contributed by atoms with Crippen LogP contribution in [0.15, 0.2) is 10.7 Å². The zero-order chi connectivity index (χ0) is 18.2. The normalized spacial score (nSPS) is 15.4. The molecule has 1 fully saturated rings. The van der Waals surface area contributed by atoms with Gasteiger partial charge in [0.05, 0.1) is 23.8 Å². The van der Waals surface area contributed by atoms with Gasteiger partial charge in [-0.05, 0) is 27.2 Å². The maximum atomic E-state index is 11.8. The quantitative estimate of drug-likeness (QED) is 0.716. The molecule has 0 aliphatic carbocycles. The molecule has 0 saturated carbocycles. The van der Waals surface area contributed by atoms with E-state index in [0.29, 0.717) is 18.3 Å². The molecule has 2 heterocycles. The molecule has 2 rings (SSSR count). The Morgan fingerprint density at radius 3 is 2.76 bits per heavy atom. The van der Waals surface area contributed by atoms with Crippen LogP contribution < -0.4 is 15.1 Å². The van der Waals surface area contributed by atoms with Gasteiger partial charge in [0, 0.05) is 31.4 Å². The summed E-state index contributed by atoms with van der Waals surface area (Å²) in [6.07, 6.45) is 1.79. The van der Waals surface area contributed by atoms with Gasteiger partial charge in [0.15, 0.2) is 0 Å². The van der Waals surface area contributed by atoms with Crippen LogP contribution in [0.1, 0.15) is 27.2 Å². The molecule has 1 aromatic rings. The highest BCUT2D eigenvalue weighted by Crippen LogP contribution is 2.17. The minimum atomic E-state index is -0.329. The zero-order valence-corrected chi connectivity index (χ0v) is 15.8. The molecule has 0 aromatic carbocycles. The van der Waals surface area contributed by atoms with Crippen molar-refractivity contribution in [2.75, 3.05) is 43.5 Å². The molecule has 0 unspecified atom stereocenters. The molecule has 10 heteroatoms. The van der Waals surface area contributed by atoms with Gasteiger partial charge in [0.2, 0.25) is 5.27 Å². The average molecular weight is 370 g/mol. The number of amides is 2. The van der Waals surface area contributed by atoms with Crippen LogP contribution in [0.3, 0.4) is 0 Å². The molecular weight excluding hydrogens is 344 g/mol. The van der Waals surface area contributed by atoms with E-state index in [1.807, 2.05) is 6.92 Å². The van der Waals surface area contributed by atoms with E-state index >= 15 is 0 Å². The van der Waals surface area contributed by atoms with Gasteiger partial charge < -0.3 is 20.0 Å². The fourth-order valence-electron chi connectivity index (χ4n) is 2.45. The predicted octanol–water partition coefficient (Wildman–Crippen LogP) is 1.01. The number of nitrogens with zero attached hydrogens (tertiary/aromatic N) is 5. The Morgan fingerprint density at radius 1 is 1.40 bits per heavy atom. The second-order valence-electron chi connectivity index (χ2n) is 5.97. The first-order valence-corrected chi connectivity index (χ1v) is 9.51. The van der Waals surface area contributed by atoms with Gasteiger partial charge in [-0.1, -0.05) is 11.8 Å². The van der Waals surface area contributed by atoms with Gasteiger partial charge in [-0.3, -0.25) is 9.69 Å². The number of hydrogen-bond donors (Lipinski definition) is 1. The van der Waals surface area contributed by atoms with E-state index < -0.39 is 0 Å². The lowest BCUT2D eigenvalue weighted by Crippen LogP contribution is -2.65. The van der Waals surface area contributed by atoms with E-state index in [9.17, 15) is 9.59 Å². The van der Waals surface area contributed by atoms with Gasteiger partial charge in [-0.2, -0.15) is 5.01 Å². The summed E-state index contributed by atoms with van der Waals surface area (Å²) in [5.41, 5.74) is 0. The molecule has 0 spiro atoms. The molecule has 9 nitrogen and oxygen atoms in total. The van der Waals surface area contributed by atoms with Crippen LogP contribution in [-0.2, 0) is 4.79 Å². The lowest BCUT2D eigenvalue weighted by atomic mass is 10.2. The third kappa shape index (κ3) is 6.20. The zero-order valence-electron chi connectivity index (χ0n) is 15.0. The van der Waals surface area contributed by atoms with Gasteiger partial charge >= 0.3 is 0 Å². The molecule has 2 amide bonds. The minimum Gasteiger partial charge on any atom is -0.588 e. The molecule has 25 heavy (non-hydrogen) atoms. The molecule has 1 aliphatic heterocycles. The number of hydrogen-bond acceptors (Lipinski definition) is 7. The second-order valence-corrected chi connectivity index (χ2v) is 7.03. The Morgan fingerprint density at radius 2 is 2.12 bits per heavy atom. The van der Waals surface area contributed by atoms with Crippen molar-refractivity contribution >= 4 is 28.8 Å². The van der Waals surface area contributed by atoms with E-state index in [4.69, 9.17) is 4.52 Å². The predicted molar refractivity (Wildman–Crippen MR) is 95.5 cm³/mol. The summed E-state index contributed by atoms with van der Waals surface area (Å²) in [5.74, 6) is 0.239. The molecule has 1 saturated heterocycles. The molecular formula is C15H26N6O3S. The fourth-order valence-corrected chi connectivity index (χ4v) is 3.16. The molecule has 0 atom stereocenters. The van der Waals surface area contributed by atoms with Gasteiger partial charge in [0.1, 0.15) is 5.88 Å². The van der Waals surface area contributed by atoms with Crippen LogP contribution in [0, 0.1) is 0 Å². The smallest absolute Gasteiger partial charge is 0.279 e. The summed E-state index contributed by atoms with van der Waals surface area (Å²) < 4.78 is 5.11. The summed E-state index contributed by atoms with van der Waals surface area (Å²) in [4.78, 5) is 27.1. The fraction of sp³-hybridized carbons (Fsp3) is 0.733. The number of piperazine rings is 1. The molecule has 1 aromatic heterocycles. The monoisotopic (exact) mass is 370 g/mol. The van der Waals surface area contributed by atoms with Crippen LogP contribution >= 0.6 is 11.8 Å². The topological polar surface area (TPSA) is 96.7 Å².